The van der Waals surface area contributed by atoms with Gasteiger partial charge in [0.05, 0.1) is 11.1 Å². The minimum absolute atomic E-state index is 0.154. The van der Waals surface area contributed by atoms with Crippen LogP contribution in [0.4, 0.5) is 34.1 Å². The topological polar surface area (TPSA) is 6.48 Å². The second kappa shape index (κ2) is 16.5. The molecule has 10 aromatic carbocycles. The van der Waals surface area contributed by atoms with Gasteiger partial charge < -0.3 is 9.80 Å². The second-order valence-corrected chi connectivity index (χ2v) is 19.7. The van der Waals surface area contributed by atoms with Crippen LogP contribution < -0.4 is 9.80 Å². The zero-order valence-corrected chi connectivity index (χ0v) is 39.6. The van der Waals surface area contributed by atoms with Gasteiger partial charge in [0.1, 0.15) is 0 Å². The van der Waals surface area contributed by atoms with Crippen molar-refractivity contribution in [3.05, 3.63) is 299 Å². The van der Waals surface area contributed by atoms with Gasteiger partial charge in [-0.1, -0.05) is 216 Å². The summed E-state index contributed by atoms with van der Waals surface area (Å²) in [6.07, 6.45) is 0. The number of anilines is 6. The Morgan fingerprint density at radius 3 is 1.16 bits per heavy atom. The van der Waals surface area contributed by atoms with Gasteiger partial charge >= 0.3 is 0 Å². The highest BCUT2D eigenvalue weighted by Crippen LogP contribution is 2.65. The van der Waals surface area contributed by atoms with Crippen molar-refractivity contribution in [2.24, 2.45) is 0 Å². The number of hydrogen-bond donors (Lipinski definition) is 0. The first-order valence-electron chi connectivity index (χ1n) is 24.3. The number of fused-ring (bicyclic) bond motifs is 10. The summed E-state index contributed by atoms with van der Waals surface area (Å²) in [5.74, 6) is 0. The lowest BCUT2D eigenvalue weighted by Crippen LogP contribution is -2.26. The molecule has 0 aromatic heterocycles. The van der Waals surface area contributed by atoms with Crippen LogP contribution in [-0.2, 0) is 16.2 Å². The SMILES string of the molecule is CC(C)(c1ccccc1)c1ccc(N(c2ccccc2)c2ccc3c(c2)C2(c4ccccc4-c4ccccc42)c2cccc(N(c4ccccc4)c4ccc(C(C)(C)c5ccccc5)cc4)c2-3)cc1. The normalized spacial score (nSPS) is 13.0. The van der Waals surface area contributed by atoms with Crippen LogP contribution in [0.15, 0.2) is 255 Å². The molecule has 0 bridgehead atoms. The first-order valence-corrected chi connectivity index (χ1v) is 24.3. The molecular formula is C67H54N2. The molecule has 0 unspecified atom stereocenters. The Morgan fingerprint density at radius 1 is 0.275 bits per heavy atom. The summed E-state index contributed by atoms with van der Waals surface area (Å²) < 4.78 is 0. The molecule has 332 valence electrons. The fourth-order valence-electron chi connectivity index (χ4n) is 11.6. The van der Waals surface area contributed by atoms with E-state index in [0.717, 1.165) is 34.1 Å². The van der Waals surface area contributed by atoms with E-state index in [1.54, 1.807) is 0 Å². The molecule has 0 radical (unpaired) electrons. The first kappa shape index (κ1) is 42.2. The molecule has 12 rings (SSSR count). The Hall–Kier alpha value is -8.20. The number of rotatable bonds is 10. The summed E-state index contributed by atoms with van der Waals surface area (Å²) >= 11 is 0. The Morgan fingerprint density at radius 2 is 0.652 bits per heavy atom. The summed E-state index contributed by atoms with van der Waals surface area (Å²) in [5.41, 5.74) is 21.3. The van der Waals surface area contributed by atoms with Crippen molar-refractivity contribution >= 4 is 34.1 Å². The van der Waals surface area contributed by atoms with Gasteiger partial charge in [0.2, 0.25) is 0 Å². The zero-order chi connectivity index (χ0) is 46.7. The van der Waals surface area contributed by atoms with Gasteiger partial charge in [-0.15, -0.1) is 0 Å². The lowest BCUT2D eigenvalue weighted by Gasteiger charge is -2.33. The lowest BCUT2D eigenvalue weighted by atomic mass is 9.70. The molecule has 0 fully saturated rings. The van der Waals surface area contributed by atoms with Crippen molar-refractivity contribution in [3.8, 4) is 22.3 Å². The highest BCUT2D eigenvalue weighted by Gasteiger charge is 2.52. The average molecular weight is 887 g/mol. The van der Waals surface area contributed by atoms with Crippen molar-refractivity contribution in [2.75, 3.05) is 9.80 Å². The molecule has 2 aliphatic carbocycles. The van der Waals surface area contributed by atoms with Gasteiger partial charge in [0.25, 0.3) is 0 Å². The van der Waals surface area contributed by atoms with Crippen molar-refractivity contribution in [1.82, 2.24) is 0 Å². The third kappa shape index (κ3) is 6.69. The van der Waals surface area contributed by atoms with E-state index in [0.29, 0.717) is 0 Å². The summed E-state index contributed by atoms with van der Waals surface area (Å²) in [6, 6.07) is 94.3. The fourth-order valence-corrected chi connectivity index (χ4v) is 11.6. The largest absolute Gasteiger partial charge is 0.310 e. The maximum absolute atomic E-state index is 2.50. The molecule has 0 saturated carbocycles. The minimum Gasteiger partial charge on any atom is -0.310 e. The third-order valence-corrected chi connectivity index (χ3v) is 15.3. The second-order valence-electron chi connectivity index (χ2n) is 19.7. The van der Waals surface area contributed by atoms with Crippen molar-refractivity contribution in [2.45, 2.75) is 43.9 Å². The minimum atomic E-state index is -0.568. The molecule has 0 N–H and O–H groups in total. The van der Waals surface area contributed by atoms with E-state index in [2.05, 4.69) is 292 Å². The number of para-hydroxylation sites is 2. The summed E-state index contributed by atoms with van der Waals surface area (Å²) in [4.78, 5) is 4.90. The Balaban J connectivity index is 1.07. The molecule has 2 aliphatic rings. The molecule has 0 saturated heterocycles. The van der Waals surface area contributed by atoms with Crippen LogP contribution in [0.3, 0.4) is 0 Å². The van der Waals surface area contributed by atoms with Gasteiger partial charge in [-0.2, -0.15) is 0 Å². The van der Waals surface area contributed by atoms with Crippen LogP contribution >= 0.6 is 0 Å². The van der Waals surface area contributed by atoms with Crippen LogP contribution in [0, 0.1) is 0 Å². The van der Waals surface area contributed by atoms with Crippen LogP contribution in [-0.4, -0.2) is 0 Å². The monoisotopic (exact) mass is 886 g/mol. The summed E-state index contributed by atoms with van der Waals surface area (Å²) in [6.45, 7) is 9.27. The van der Waals surface area contributed by atoms with Gasteiger partial charge in [-0.25, -0.2) is 0 Å². The van der Waals surface area contributed by atoms with Gasteiger partial charge in [-0.05, 0) is 128 Å². The van der Waals surface area contributed by atoms with Crippen molar-refractivity contribution in [3.63, 3.8) is 0 Å². The van der Waals surface area contributed by atoms with Crippen molar-refractivity contribution in [1.29, 1.82) is 0 Å². The quantitative estimate of drug-likeness (QED) is 0.135. The predicted molar refractivity (Wildman–Crippen MR) is 289 cm³/mol. The maximum Gasteiger partial charge on any atom is 0.0727 e. The molecule has 0 aliphatic heterocycles. The zero-order valence-electron chi connectivity index (χ0n) is 39.6. The third-order valence-electron chi connectivity index (χ3n) is 15.3. The van der Waals surface area contributed by atoms with Gasteiger partial charge in [0.15, 0.2) is 0 Å². The molecule has 2 heteroatoms. The fraction of sp³-hybridized carbons (Fsp3) is 0.104. The van der Waals surface area contributed by atoms with E-state index in [-0.39, 0.29) is 10.8 Å². The van der Waals surface area contributed by atoms with Crippen LogP contribution in [0.2, 0.25) is 0 Å². The van der Waals surface area contributed by atoms with E-state index in [4.69, 9.17) is 0 Å². The Labute approximate surface area is 407 Å². The summed E-state index contributed by atoms with van der Waals surface area (Å²) in [7, 11) is 0. The van der Waals surface area contributed by atoms with Gasteiger partial charge in [0, 0.05) is 44.8 Å². The maximum atomic E-state index is 2.50. The highest BCUT2D eigenvalue weighted by molar-refractivity contribution is 6.02. The predicted octanol–water partition coefficient (Wildman–Crippen LogP) is 17.6. The molecule has 1 spiro atoms. The molecule has 0 amide bonds. The molecule has 10 aromatic rings. The lowest BCUT2D eigenvalue weighted by molar-refractivity contribution is 0.641. The molecule has 69 heavy (non-hydrogen) atoms. The molecule has 0 atom stereocenters. The van der Waals surface area contributed by atoms with Crippen LogP contribution in [0.5, 0.6) is 0 Å². The van der Waals surface area contributed by atoms with Crippen LogP contribution in [0.1, 0.15) is 72.2 Å². The van der Waals surface area contributed by atoms with Crippen molar-refractivity contribution < 1.29 is 0 Å². The van der Waals surface area contributed by atoms with E-state index >= 15 is 0 Å². The average Bonchev–Trinajstić information content (AvgIpc) is 3.88. The molecule has 0 heterocycles. The van der Waals surface area contributed by atoms with E-state index < -0.39 is 5.41 Å². The molecule has 2 nitrogen and oxygen atoms in total. The van der Waals surface area contributed by atoms with E-state index in [1.165, 1.54) is 66.8 Å². The summed E-state index contributed by atoms with van der Waals surface area (Å²) in [5, 5.41) is 0. The first-order chi connectivity index (χ1) is 33.8. The van der Waals surface area contributed by atoms with E-state index in [1.807, 2.05) is 0 Å². The van der Waals surface area contributed by atoms with E-state index in [9.17, 15) is 0 Å². The highest BCUT2D eigenvalue weighted by atomic mass is 15.2. The number of hydrogen-bond acceptors (Lipinski definition) is 2. The standard InChI is InChI=1S/C67H54N2/c1-65(2,47-22-9-5-10-23-47)49-36-40-53(41-37-49)68(51-26-13-7-14-27-51)55-44-45-58-62(46-55)67(59-32-19-17-30-56(59)57-31-18-20-33-60(57)67)61-34-21-35-63(64(58)61)69(52-28-15-8-16-29-52)54-42-38-50(39-43-54)66(3,4)48-24-11-6-12-25-48/h5-46H,1-4H3. The van der Waals surface area contributed by atoms with Gasteiger partial charge in [-0.3, -0.25) is 0 Å². The number of nitrogens with zero attached hydrogens (tertiary/aromatic N) is 2. The Bertz CT molecular complexity index is 3420. The molecular weight excluding hydrogens is 833 g/mol. The van der Waals surface area contributed by atoms with Crippen LogP contribution in [0.25, 0.3) is 22.3 Å². The Kier molecular flexibility index (Phi) is 10.1. The smallest absolute Gasteiger partial charge is 0.0727 e. The number of benzene rings is 10.